The molecule has 0 atom stereocenters. The van der Waals surface area contributed by atoms with Crippen molar-refractivity contribution < 1.29 is 9.18 Å². The SMILES string of the molecule is NCC(=O)N(Cc1ccccc1F)C1CCCC1. The smallest absolute Gasteiger partial charge is 0.236 e. The van der Waals surface area contributed by atoms with Gasteiger partial charge in [0.25, 0.3) is 0 Å². The zero-order valence-electron chi connectivity index (χ0n) is 10.4. The highest BCUT2D eigenvalue weighted by Crippen LogP contribution is 2.25. The summed E-state index contributed by atoms with van der Waals surface area (Å²) in [4.78, 5) is 13.6. The molecular weight excluding hydrogens is 231 g/mol. The van der Waals surface area contributed by atoms with Gasteiger partial charge in [0.2, 0.25) is 5.91 Å². The molecule has 4 heteroatoms. The Labute approximate surface area is 107 Å². The number of amides is 1. The Kier molecular flexibility index (Phi) is 4.31. The molecule has 3 nitrogen and oxygen atoms in total. The molecule has 1 saturated carbocycles. The Balaban J connectivity index is 2.14. The Bertz CT molecular complexity index is 416. The van der Waals surface area contributed by atoms with E-state index in [0.717, 1.165) is 25.7 Å². The fourth-order valence-electron chi connectivity index (χ4n) is 2.56. The third kappa shape index (κ3) is 2.88. The van der Waals surface area contributed by atoms with E-state index in [-0.39, 0.29) is 24.3 Å². The number of hydrogen-bond acceptors (Lipinski definition) is 2. The third-order valence-corrected chi connectivity index (χ3v) is 3.56. The summed E-state index contributed by atoms with van der Waals surface area (Å²) in [5, 5.41) is 0. The summed E-state index contributed by atoms with van der Waals surface area (Å²) in [7, 11) is 0. The minimum Gasteiger partial charge on any atom is -0.334 e. The van der Waals surface area contributed by atoms with Crippen LogP contribution in [0, 0.1) is 5.82 Å². The Morgan fingerprint density at radius 2 is 2.00 bits per heavy atom. The maximum Gasteiger partial charge on any atom is 0.236 e. The van der Waals surface area contributed by atoms with Crippen LogP contribution in [0.1, 0.15) is 31.2 Å². The van der Waals surface area contributed by atoms with Gasteiger partial charge in [-0.05, 0) is 18.9 Å². The van der Waals surface area contributed by atoms with Crippen LogP contribution in [0.3, 0.4) is 0 Å². The van der Waals surface area contributed by atoms with E-state index in [9.17, 15) is 9.18 Å². The standard InChI is InChI=1S/C14H19FN2O/c15-13-8-4-1-5-11(13)10-17(14(18)9-16)12-6-2-3-7-12/h1,4-5,8,12H,2-3,6-7,9-10,16H2. The highest BCUT2D eigenvalue weighted by molar-refractivity contribution is 5.78. The topological polar surface area (TPSA) is 46.3 Å². The van der Waals surface area contributed by atoms with Crippen molar-refractivity contribution in [2.75, 3.05) is 6.54 Å². The molecule has 1 amide bonds. The van der Waals surface area contributed by atoms with E-state index in [1.54, 1.807) is 23.1 Å². The fraction of sp³-hybridized carbons (Fsp3) is 0.500. The number of rotatable bonds is 4. The molecule has 0 spiro atoms. The molecule has 1 aliphatic carbocycles. The molecule has 1 aliphatic rings. The first-order chi connectivity index (χ1) is 8.72. The lowest BCUT2D eigenvalue weighted by Crippen LogP contribution is -2.41. The van der Waals surface area contributed by atoms with Gasteiger partial charge in [-0.1, -0.05) is 31.0 Å². The Hall–Kier alpha value is -1.42. The van der Waals surface area contributed by atoms with E-state index in [1.165, 1.54) is 6.07 Å². The van der Waals surface area contributed by atoms with Crippen LogP contribution < -0.4 is 5.73 Å². The third-order valence-electron chi connectivity index (χ3n) is 3.56. The summed E-state index contributed by atoms with van der Waals surface area (Å²) in [5.41, 5.74) is 6.01. The summed E-state index contributed by atoms with van der Waals surface area (Å²) in [5.74, 6) is -0.351. The molecular formula is C14H19FN2O. The van der Waals surface area contributed by atoms with Crippen molar-refractivity contribution in [2.24, 2.45) is 5.73 Å². The average Bonchev–Trinajstić information content (AvgIpc) is 2.90. The van der Waals surface area contributed by atoms with E-state index in [2.05, 4.69) is 0 Å². The van der Waals surface area contributed by atoms with Gasteiger partial charge in [0.05, 0.1) is 6.54 Å². The van der Waals surface area contributed by atoms with Crippen molar-refractivity contribution in [3.8, 4) is 0 Å². The van der Waals surface area contributed by atoms with E-state index in [4.69, 9.17) is 5.73 Å². The van der Waals surface area contributed by atoms with E-state index in [1.807, 2.05) is 0 Å². The van der Waals surface area contributed by atoms with Crippen LogP contribution in [-0.2, 0) is 11.3 Å². The number of halogens is 1. The molecule has 1 fully saturated rings. The largest absolute Gasteiger partial charge is 0.334 e. The number of hydrogen-bond donors (Lipinski definition) is 1. The van der Waals surface area contributed by atoms with Gasteiger partial charge in [0.1, 0.15) is 5.82 Å². The molecule has 1 aromatic rings. The predicted molar refractivity (Wildman–Crippen MR) is 68.3 cm³/mol. The van der Waals surface area contributed by atoms with Gasteiger partial charge in [0, 0.05) is 18.2 Å². The Morgan fingerprint density at radius 3 is 2.61 bits per heavy atom. The van der Waals surface area contributed by atoms with Gasteiger partial charge < -0.3 is 10.6 Å². The summed E-state index contributed by atoms with van der Waals surface area (Å²) in [6.07, 6.45) is 4.27. The predicted octanol–water partition coefficient (Wildman–Crippen LogP) is 2.06. The molecule has 0 bridgehead atoms. The van der Waals surface area contributed by atoms with Crippen molar-refractivity contribution in [3.05, 3.63) is 35.6 Å². The summed E-state index contributed by atoms with van der Waals surface area (Å²) in [6.45, 7) is 0.318. The van der Waals surface area contributed by atoms with Gasteiger partial charge in [-0.25, -0.2) is 4.39 Å². The number of nitrogens with zero attached hydrogens (tertiary/aromatic N) is 1. The molecule has 2 N–H and O–H groups in total. The first-order valence-electron chi connectivity index (χ1n) is 6.45. The summed E-state index contributed by atoms with van der Waals surface area (Å²) < 4.78 is 13.6. The molecule has 0 aliphatic heterocycles. The second kappa shape index (κ2) is 5.96. The lowest BCUT2D eigenvalue weighted by molar-refractivity contribution is -0.132. The van der Waals surface area contributed by atoms with Crippen LogP contribution in [0.2, 0.25) is 0 Å². The maximum absolute atomic E-state index is 13.6. The molecule has 0 aromatic heterocycles. The van der Waals surface area contributed by atoms with E-state index >= 15 is 0 Å². The minimum atomic E-state index is -0.259. The normalized spacial score (nSPS) is 15.9. The van der Waals surface area contributed by atoms with Gasteiger partial charge >= 0.3 is 0 Å². The molecule has 0 unspecified atom stereocenters. The molecule has 0 heterocycles. The minimum absolute atomic E-state index is 0.00898. The van der Waals surface area contributed by atoms with Crippen LogP contribution in [-0.4, -0.2) is 23.4 Å². The number of benzene rings is 1. The first-order valence-corrected chi connectivity index (χ1v) is 6.45. The van der Waals surface area contributed by atoms with Gasteiger partial charge in [-0.2, -0.15) is 0 Å². The van der Waals surface area contributed by atoms with Crippen molar-refractivity contribution in [1.82, 2.24) is 4.90 Å². The fourth-order valence-corrected chi connectivity index (χ4v) is 2.56. The molecule has 0 radical (unpaired) electrons. The van der Waals surface area contributed by atoms with Crippen molar-refractivity contribution in [3.63, 3.8) is 0 Å². The average molecular weight is 250 g/mol. The summed E-state index contributed by atoms with van der Waals surface area (Å²) in [6, 6.07) is 6.82. The second-order valence-corrected chi connectivity index (χ2v) is 4.76. The second-order valence-electron chi connectivity index (χ2n) is 4.76. The van der Waals surface area contributed by atoms with E-state index < -0.39 is 0 Å². The van der Waals surface area contributed by atoms with Crippen LogP contribution in [0.25, 0.3) is 0 Å². The van der Waals surface area contributed by atoms with Crippen molar-refractivity contribution >= 4 is 5.91 Å². The molecule has 98 valence electrons. The van der Waals surface area contributed by atoms with Crippen LogP contribution in [0.5, 0.6) is 0 Å². The monoisotopic (exact) mass is 250 g/mol. The van der Waals surface area contributed by atoms with Crippen LogP contribution in [0.4, 0.5) is 4.39 Å². The van der Waals surface area contributed by atoms with E-state index in [0.29, 0.717) is 12.1 Å². The van der Waals surface area contributed by atoms with Crippen LogP contribution in [0.15, 0.2) is 24.3 Å². The number of nitrogens with two attached hydrogens (primary N) is 1. The molecule has 0 saturated heterocycles. The highest BCUT2D eigenvalue weighted by Gasteiger charge is 2.26. The van der Waals surface area contributed by atoms with Crippen LogP contribution >= 0.6 is 0 Å². The first kappa shape index (κ1) is 13.0. The zero-order valence-corrected chi connectivity index (χ0v) is 10.4. The van der Waals surface area contributed by atoms with Gasteiger partial charge in [-0.15, -0.1) is 0 Å². The van der Waals surface area contributed by atoms with Crippen molar-refractivity contribution in [2.45, 2.75) is 38.3 Å². The maximum atomic E-state index is 13.6. The zero-order chi connectivity index (χ0) is 13.0. The quantitative estimate of drug-likeness (QED) is 0.889. The van der Waals surface area contributed by atoms with Gasteiger partial charge in [0.15, 0.2) is 0 Å². The highest BCUT2D eigenvalue weighted by atomic mass is 19.1. The van der Waals surface area contributed by atoms with Crippen molar-refractivity contribution in [1.29, 1.82) is 0 Å². The molecule has 18 heavy (non-hydrogen) atoms. The number of carbonyl (C=O) groups excluding carboxylic acids is 1. The lowest BCUT2D eigenvalue weighted by atomic mass is 10.1. The number of carbonyl (C=O) groups is 1. The van der Waals surface area contributed by atoms with Gasteiger partial charge in [-0.3, -0.25) is 4.79 Å². The Morgan fingerprint density at radius 1 is 1.33 bits per heavy atom. The summed E-state index contributed by atoms with van der Waals surface area (Å²) >= 11 is 0. The molecule has 2 rings (SSSR count). The lowest BCUT2D eigenvalue weighted by Gasteiger charge is -2.29. The molecule has 1 aromatic carbocycles.